The van der Waals surface area contributed by atoms with E-state index in [4.69, 9.17) is 0 Å². The lowest BCUT2D eigenvalue weighted by Gasteiger charge is -2.62. The Morgan fingerprint density at radius 2 is 2.15 bits per heavy atom. The molecular formula is C16H22BrNOS. The van der Waals surface area contributed by atoms with Crippen molar-refractivity contribution in [2.45, 2.75) is 40.5 Å². The molecule has 110 valence electrons. The second kappa shape index (κ2) is 4.84. The molecule has 20 heavy (non-hydrogen) atoms. The minimum absolute atomic E-state index is 0.404. The maximum atomic E-state index is 9.56. The third kappa shape index (κ3) is 1.98. The Kier molecular flexibility index (Phi) is 3.53. The van der Waals surface area contributed by atoms with E-state index in [1.807, 2.05) is 0 Å². The molecule has 3 aliphatic carbocycles. The highest BCUT2D eigenvalue weighted by Crippen LogP contribution is 2.63. The van der Waals surface area contributed by atoms with Crippen LogP contribution in [0, 0.1) is 36.0 Å². The smallest absolute Gasteiger partial charge is 0.100 e. The summed E-state index contributed by atoms with van der Waals surface area (Å²) in [5, 5.41) is 13.3. The fourth-order valence-electron chi connectivity index (χ4n) is 4.40. The molecule has 0 saturated heterocycles. The van der Waals surface area contributed by atoms with Crippen molar-refractivity contribution >= 4 is 33.0 Å². The lowest BCUT2D eigenvalue weighted by molar-refractivity contribution is -0.114. The molecule has 4 rings (SSSR count). The van der Waals surface area contributed by atoms with E-state index in [-0.39, 0.29) is 0 Å². The molecule has 3 saturated carbocycles. The first-order valence-corrected chi connectivity index (χ1v) is 8.95. The van der Waals surface area contributed by atoms with Gasteiger partial charge in [-0.1, -0.05) is 25.9 Å². The summed E-state index contributed by atoms with van der Waals surface area (Å²) in [5.74, 6) is 2.56. The van der Waals surface area contributed by atoms with Gasteiger partial charge in [0.2, 0.25) is 0 Å². The molecule has 1 aromatic rings. The summed E-state index contributed by atoms with van der Waals surface area (Å²) in [7, 11) is 0. The van der Waals surface area contributed by atoms with Crippen LogP contribution >= 0.6 is 27.3 Å². The normalized spacial score (nSPS) is 35.8. The summed E-state index contributed by atoms with van der Waals surface area (Å²) in [6.07, 6.45) is 2.52. The minimum Gasteiger partial charge on any atom is -0.411 e. The highest BCUT2D eigenvalue weighted by Gasteiger charge is 2.57. The van der Waals surface area contributed by atoms with Crippen LogP contribution in [-0.4, -0.2) is 10.9 Å². The standard InChI is InChI=1S/C16H22BrNOS/c1-8-5-13(20-15(8)17)14(18-19)11-6-10-7-12(9(11)2)16(10,3)4/h5,9-12,19H,6-7H2,1-4H3/b18-14-/t9?,10-,11-,12-/m1/s1. The number of nitrogens with zero attached hydrogens (tertiary/aromatic N) is 1. The van der Waals surface area contributed by atoms with E-state index in [0.717, 1.165) is 26.2 Å². The zero-order valence-electron chi connectivity index (χ0n) is 12.5. The molecule has 1 N–H and O–H groups in total. The molecule has 3 aliphatic rings. The molecule has 0 radical (unpaired) electrons. The van der Waals surface area contributed by atoms with Gasteiger partial charge in [0.1, 0.15) is 5.71 Å². The number of hydrogen-bond acceptors (Lipinski definition) is 3. The van der Waals surface area contributed by atoms with Crippen molar-refractivity contribution in [2.75, 3.05) is 0 Å². The third-order valence-corrected chi connectivity index (χ3v) is 8.08. The molecule has 4 heteroatoms. The molecule has 0 aromatic carbocycles. The van der Waals surface area contributed by atoms with Crippen molar-refractivity contribution in [1.29, 1.82) is 0 Å². The van der Waals surface area contributed by atoms with Gasteiger partial charge < -0.3 is 5.21 Å². The SMILES string of the molecule is Cc1cc(/C(=N\O)[C@@H]2C[C@@H]3C[C@H](C2C)C3(C)C)sc1Br. The van der Waals surface area contributed by atoms with E-state index in [1.165, 1.54) is 18.4 Å². The van der Waals surface area contributed by atoms with Crippen molar-refractivity contribution in [1.82, 2.24) is 0 Å². The Bertz CT molecular complexity index is 543. The van der Waals surface area contributed by atoms with Gasteiger partial charge >= 0.3 is 0 Å². The lowest BCUT2D eigenvalue weighted by atomic mass is 9.43. The maximum Gasteiger partial charge on any atom is 0.100 e. The molecular weight excluding hydrogens is 334 g/mol. The molecule has 2 bridgehead atoms. The van der Waals surface area contributed by atoms with Crippen LogP contribution in [0.5, 0.6) is 0 Å². The van der Waals surface area contributed by atoms with Gasteiger partial charge in [0, 0.05) is 5.92 Å². The van der Waals surface area contributed by atoms with Crippen molar-refractivity contribution in [3.05, 3.63) is 20.3 Å². The average molecular weight is 356 g/mol. The third-order valence-electron chi connectivity index (χ3n) is 5.92. The van der Waals surface area contributed by atoms with Gasteiger partial charge in [0.15, 0.2) is 0 Å². The van der Waals surface area contributed by atoms with Gasteiger partial charge in [-0.25, -0.2) is 0 Å². The van der Waals surface area contributed by atoms with Crippen LogP contribution in [0.15, 0.2) is 15.0 Å². The van der Waals surface area contributed by atoms with Gasteiger partial charge in [0.25, 0.3) is 0 Å². The van der Waals surface area contributed by atoms with E-state index in [0.29, 0.717) is 17.3 Å². The number of oxime groups is 1. The number of halogens is 1. The zero-order chi connectivity index (χ0) is 14.7. The van der Waals surface area contributed by atoms with Crippen molar-refractivity contribution in [2.24, 2.45) is 34.2 Å². The van der Waals surface area contributed by atoms with Gasteiger partial charge in [-0.3, -0.25) is 0 Å². The van der Waals surface area contributed by atoms with E-state index < -0.39 is 0 Å². The summed E-state index contributed by atoms with van der Waals surface area (Å²) in [6, 6.07) is 2.14. The largest absolute Gasteiger partial charge is 0.411 e. The predicted molar refractivity (Wildman–Crippen MR) is 87.7 cm³/mol. The van der Waals surface area contributed by atoms with E-state index in [1.54, 1.807) is 11.3 Å². The second-order valence-corrected chi connectivity index (χ2v) is 9.48. The summed E-state index contributed by atoms with van der Waals surface area (Å²) in [4.78, 5) is 1.12. The molecule has 4 atom stereocenters. The minimum atomic E-state index is 0.404. The second-order valence-electron chi connectivity index (χ2n) is 7.11. The molecule has 2 nitrogen and oxygen atoms in total. The molecule has 0 spiro atoms. The zero-order valence-corrected chi connectivity index (χ0v) is 14.9. The lowest BCUT2D eigenvalue weighted by Crippen LogP contribution is -2.56. The van der Waals surface area contributed by atoms with Crippen LogP contribution in [0.2, 0.25) is 0 Å². The summed E-state index contributed by atoms with van der Waals surface area (Å²) >= 11 is 5.26. The fraction of sp³-hybridized carbons (Fsp3) is 0.688. The molecule has 0 amide bonds. The quantitative estimate of drug-likeness (QED) is 0.434. The van der Waals surface area contributed by atoms with Crippen LogP contribution < -0.4 is 0 Å². The topological polar surface area (TPSA) is 32.6 Å². The predicted octanol–water partition coefficient (Wildman–Crippen LogP) is 5.32. The van der Waals surface area contributed by atoms with Crippen LogP contribution in [0.1, 0.15) is 44.1 Å². The molecule has 1 unspecified atom stereocenters. The highest BCUT2D eigenvalue weighted by molar-refractivity contribution is 9.11. The maximum absolute atomic E-state index is 9.56. The van der Waals surface area contributed by atoms with Crippen molar-refractivity contribution < 1.29 is 5.21 Å². The van der Waals surface area contributed by atoms with Crippen LogP contribution in [0.25, 0.3) is 0 Å². The number of thiophene rings is 1. The van der Waals surface area contributed by atoms with Gasteiger partial charge in [-0.2, -0.15) is 0 Å². The first kappa shape index (κ1) is 14.6. The Labute approximate surface area is 133 Å². The first-order valence-electron chi connectivity index (χ1n) is 7.34. The van der Waals surface area contributed by atoms with Gasteiger partial charge in [-0.15, -0.1) is 11.3 Å². The Balaban J connectivity index is 1.89. The summed E-state index contributed by atoms with van der Waals surface area (Å²) in [6.45, 7) is 9.23. The molecule has 1 heterocycles. The molecule has 3 fully saturated rings. The number of rotatable bonds is 2. The van der Waals surface area contributed by atoms with Gasteiger partial charge in [0.05, 0.1) is 8.66 Å². The van der Waals surface area contributed by atoms with Crippen molar-refractivity contribution in [3.8, 4) is 0 Å². The summed E-state index contributed by atoms with van der Waals surface area (Å²) in [5.41, 5.74) is 2.60. The highest BCUT2D eigenvalue weighted by atomic mass is 79.9. The van der Waals surface area contributed by atoms with Crippen LogP contribution in [0.4, 0.5) is 0 Å². The summed E-state index contributed by atoms with van der Waals surface area (Å²) < 4.78 is 1.14. The Morgan fingerprint density at radius 3 is 2.60 bits per heavy atom. The fourth-order valence-corrected chi connectivity index (χ4v) is 5.99. The first-order chi connectivity index (χ1) is 9.36. The van der Waals surface area contributed by atoms with Crippen LogP contribution in [-0.2, 0) is 0 Å². The molecule has 0 aliphatic heterocycles. The van der Waals surface area contributed by atoms with E-state index in [9.17, 15) is 5.21 Å². The number of hydrogen-bond donors (Lipinski definition) is 1. The van der Waals surface area contributed by atoms with E-state index >= 15 is 0 Å². The van der Waals surface area contributed by atoms with Crippen LogP contribution in [0.3, 0.4) is 0 Å². The van der Waals surface area contributed by atoms with Crippen molar-refractivity contribution in [3.63, 3.8) is 0 Å². The monoisotopic (exact) mass is 355 g/mol. The molecule has 1 aromatic heterocycles. The number of fused-ring (bicyclic) bond motifs is 2. The average Bonchev–Trinajstić information content (AvgIpc) is 2.71. The van der Waals surface area contributed by atoms with E-state index in [2.05, 4.69) is 54.8 Å². The Morgan fingerprint density at radius 1 is 1.45 bits per heavy atom. The van der Waals surface area contributed by atoms with Gasteiger partial charge in [-0.05, 0) is 70.5 Å². The Hall–Kier alpha value is -0.350. The number of aryl methyl sites for hydroxylation is 1.